The molecule has 17 heavy (non-hydrogen) atoms. The lowest BCUT2D eigenvalue weighted by Gasteiger charge is -2.08. The summed E-state index contributed by atoms with van der Waals surface area (Å²) in [6.07, 6.45) is 12.1. The molecule has 0 aromatic rings. The van der Waals surface area contributed by atoms with Gasteiger partial charge in [0.05, 0.1) is 6.10 Å². The van der Waals surface area contributed by atoms with Crippen molar-refractivity contribution in [1.29, 1.82) is 0 Å². The van der Waals surface area contributed by atoms with E-state index in [2.05, 4.69) is 6.92 Å². The van der Waals surface area contributed by atoms with Crippen molar-refractivity contribution >= 4 is 5.97 Å². The summed E-state index contributed by atoms with van der Waals surface area (Å²) in [5.41, 5.74) is 0. The highest BCUT2D eigenvalue weighted by Crippen LogP contribution is 2.11. The number of allylic oxidation sites excluding steroid dienone is 1. The van der Waals surface area contributed by atoms with Crippen molar-refractivity contribution in [2.75, 3.05) is 0 Å². The molecule has 1 atom stereocenters. The summed E-state index contributed by atoms with van der Waals surface area (Å²) in [5, 5.41) is 18.0. The molecule has 0 radical (unpaired) electrons. The van der Waals surface area contributed by atoms with Crippen molar-refractivity contribution < 1.29 is 15.0 Å². The Morgan fingerprint density at radius 1 is 1.12 bits per heavy atom. The second-order valence-corrected chi connectivity index (χ2v) is 4.53. The molecule has 0 aliphatic heterocycles. The monoisotopic (exact) mass is 242 g/mol. The molecular weight excluding hydrogens is 216 g/mol. The van der Waals surface area contributed by atoms with Crippen molar-refractivity contribution in [2.45, 2.75) is 70.8 Å². The Hall–Kier alpha value is -0.830. The minimum Gasteiger partial charge on any atom is -0.478 e. The third kappa shape index (κ3) is 13.1. The van der Waals surface area contributed by atoms with E-state index >= 15 is 0 Å². The van der Waals surface area contributed by atoms with Crippen molar-refractivity contribution in [1.82, 2.24) is 0 Å². The number of unbranched alkanes of at least 4 members (excludes halogenated alkanes) is 5. The number of aliphatic carboxylic acids is 1. The Balaban J connectivity index is 3.20. The van der Waals surface area contributed by atoms with E-state index in [1.54, 1.807) is 6.08 Å². The molecule has 0 aliphatic carbocycles. The average molecular weight is 242 g/mol. The van der Waals surface area contributed by atoms with Gasteiger partial charge in [-0.15, -0.1) is 0 Å². The van der Waals surface area contributed by atoms with Crippen LogP contribution in [0.5, 0.6) is 0 Å². The fourth-order valence-electron chi connectivity index (χ4n) is 1.76. The van der Waals surface area contributed by atoms with Gasteiger partial charge in [0.1, 0.15) is 0 Å². The van der Waals surface area contributed by atoms with Crippen LogP contribution < -0.4 is 0 Å². The van der Waals surface area contributed by atoms with Crippen LogP contribution in [0.2, 0.25) is 0 Å². The molecule has 0 saturated heterocycles. The molecular formula is C14H26O3. The maximum absolute atomic E-state index is 10.2. The number of hydrogen-bond donors (Lipinski definition) is 2. The minimum atomic E-state index is -0.871. The largest absolute Gasteiger partial charge is 0.478 e. The lowest BCUT2D eigenvalue weighted by atomic mass is 10.0. The zero-order chi connectivity index (χ0) is 12.9. The molecule has 0 aromatic heterocycles. The molecule has 0 aromatic carbocycles. The van der Waals surface area contributed by atoms with Crippen LogP contribution in [0.1, 0.15) is 64.7 Å². The van der Waals surface area contributed by atoms with E-state index in [9.17, 15) is 9.90 Å². The van der Waals surface area contributed by atoms with Crippen molar-refractivity contribution in [3.05, 3.63) is 12.2 Å². The Labute approximate surface area is 105 Å². The third-order valence-electron chi connectivity index (χ3n) is 2.81. The highest BCUT2D eigenvalue weighted by atomic mass is 16.4. The number of carboxylic acids is 1. The van der Waals surface area contributed by atoms with Crippen LogP contribution in [-0.4, -0.2) is 22.3 Å². The Morgan fingerprint density at radius 2 is 1.76 bits per heavy atom. The zero-order valence-electron chi connectivity index (χ0n) is 10.9. The molecule has 2 N–H and O–H groups in total. The minimum absolute atomic E-state index is 0.123. The van der Waals surface area contributed by atoms with Crippen molar-refractivity contribution in [3.63, 3.8) is 0 Å². The van der Waals surface area contributed by atoms with Crippen molar-refractivity contribution in [3.8, 4) is 0 Å². The molecule has 0 amide bonds. The number of aliphatic hydroxyl groups is 1. The van der Waals surface area contributed by atoms with Crippen LogP contribution in [0.25, 0.3) is 0 Å². The van der Waals surface area contributed by atoms with Gasteiger partial charge in [-0.2, -0.15) is 0 Å². The SMILES string of the molecule is CCCCC(O)CCCCCCC=CC(=O)O. The Kier molecular flexibility index (Phi) is 11.1. The fourth-order valence-corrected chi connectivity index (χ4v) is 1.76. The van der Waals surface area contributed by atoms with Crippen LogP contribution in [0.4, 0.5) is 0 Å². The molecule has 3 nitrogen and oxygen atoms in total. The van der Waals surface area contributed by atoms with Gasteiger partial charge in [-0.1, -0.05) is 45.1 Å². The lowest BCUT2D eigenvalue weighted by Crippen LogP contribution is -2.05. The molecule has 0 fully saturated rings. The first-order valence-electron chi connectivity index (χ1n) is 6.74. The molecule has 0 spiro atoms. The number of hydrogen-bond acceptors (Lipinski definition) is 2. The van der Waals surface area contributed by atoms with Crippen LogP contribution in [0.15, 0.2) is 12.2 Å². The number of carbonyl (C=O) groups is 1. The van der Waals surface area contributed by atoms with E-state index in [4.69, 9.17) is 5.11 Å². The third-order valence-corrected chi connectivity index (χ3v) is 2.81. The molecule has 3 heteroatoms. The van der Waals surface area contributed by atoms with Crippen LogP contribution in [0, 0.1) is 0 Å². The molecule has 0 heterocycles. The van der Waals surface area contributed by atoms with Gasteiger partial charge in [-0.3, -0.25) is 0 Å². The van der Waals surface area contributed by atoms with Gasteiger partial charge in [-0.05, 0) is 25.7 Å². The van der Waals surface area contributed by atoms with Crippen molar-refractivity contribution in [2.24, 2.45) is 0 Å². The first-order valence-corrected chi connectivity index (χ1v) is 6.74. The van der Waals surface area contributed by atoms with E-state index in [1.165, 1.54) is 6.08 Å². The van der Waals surface area contributed by atoms with Gasteiger partial charge < -0.3 is 10.2 Å². The quantitative estimate of drug-likeness (QED) is 0.430. The summed E-state index contributed by atoms with van der Waals surface area (Å²) in [7, 11) is 0. The smallest absolute Gasteiger partial charge is 0.327 e. The Morgan fingerprint density at radius 3 is 2.41 bits per heavy atom. The summed E-state index contributed by atoms with van der Waals surface area (Å²) in [5.74, 6) is -0.871. The van der Waals surface area contributed by atoms with Gasteiger partial charge in [0.25, 0.3) is 0 Å². The highest BCUT2D eigenvalue weighted by molar-refractivity contribution is 5.79. The van der Waals surface area contributed by atoms with E-state index < -0.39 is 5.97 Å². The maximum atomic E-state index is 10.2. The predicted molar refractivity (Wildman–Crippen MR) is 70.0 cm³/mol. The first-order chi connectivity index (χ1) is 8.16. The predicted octanol–water partition coefficient (Wildman–Crippen LogP) is 3.52. The second-order valence-electron chi connectivity index (χ2n) is 4.53. The molecule has 100 valence electrons. The van der Waals surface area contributed by atoms with E-state index in [0.29, 0.717) is 0 Å². The summed E-state index contributed by atoms with van der Waals surface area (Å²) >= 11 is 0. The van der Waals surface area contributed by atoms with Crippen LogP contribution in [-0.2, 0) is 4.79 Å². The first kappa shape index (κ1) is 16.2. The molecule has 0 saturated carbocycles. The fraction of sp³-hybridized carbons (Fsp3) is 0.786. The summed E-state index contributed by atoms with van der Waals surface area (Å²) < 4.78 is 0. The van der Waals surface area contributed by atoms with Crippen LogP contribution in [0.3, 0.4) is 0 Å². The lowest BCUT2D eigenvalue weighted by molar-refractivity contribution is -0.131. The summed E-state index contributed by atoms with van der Waals surface area (Å²) in [4.78, 5) is 10.2. The van der Waals surface area contributed by atoms with Gasteiger partial charge in [0.15, 0.2) is 0 Å². The van der Waals surface area contributed by atoms with Gasteiger partial charge in [0.2, 0.25) is 0 Å². The second kappa shape index (κ2) is 11.6. The summed E-state index contributed by atoms with van der Waals surface area (Å²) in [6, 6.07) is 0. The molecule has 0 aliphatic rings. The van der Waals surface area contributed by atoms with E-state index in [0.717, 1.165) is 57.8 Å². The standard InChI is InChI=1S/C14H26O3/c1-2-3-10-13(15)11-8-6-4-5-7-9-12-14(16)17/h9,12-13,15H,2-8,10-11H2,1H3,(H,16,17). The zero-order valence-corrected chi connectivity index (χ0v) is 10.9. The normalized spacial score (nSPS) is 13.1. The van der Waals surface area contributed by atoms with E-state index in [1.807, 2.05) is 0 Å². The highest BCUT2D eigenvalue weighted by Gasteiger charge is 2.02. The van der Waals surface area contributed by atoms with Gasteiger partial charge >= 0.3 is 5.97 Å². The molecule has 1 unspecified atom stereocenters. The molecule has 0 bridgehead atoms. The van der Waals surface area contributed by atoms with Gasteiger partial charge in [0, 0.05) is 6.08 Å². The maximum Gasteiger partial charge on any atom is 0.327 e. The van der Waals surface area contributed by atoms with Crippen LogP contribution >= 0.6 is 0 Å². The summed E-state index contributed by atoms with van der Waals surface area (Å²) in [6.45, 7) is 2.14. The van der Waals surface area contributed by atoms with E-state index in [-0.39, 0.29) is 6.10 Å². The number of carboxylic acid groups (broad SMARTS) is 1. The number of rotatable bonds is 11. The van der Waals surface area contributed by atoms with Gasteiger partial charge in [-0.25, -0.2) is 4.79 Å². The Bertz CT molecular complexity index is 212. The average Bonchev–Trinajstić information content (AvgIpc) is 2.29. The number of aliphatic hydroxyl groups excluding tert-OH is 1. The molecule has 0 rings (SSSR count). The topological polar surface area (TPSA) is 57.5 Å².